The van der Waals surface area contributed by atoms with Crippen LogP contribution < -0.4 is 11.3 Å². The molecule has 2 rings (SSSR count). The Hall–Kier alpha value is -2.57. The first-order chi connectivity index (χ1) is 8.15. The average Bonchev–Trinajstić information content (AvgIpc) is 2.80. The van der Waals surface area contributed by atoms with Crippen LogP contribution in [0.4, 0.5) is 0 Å². The van der Waals surface area contributed by atoms with Gasteiger partial charge in [-0.25, -0.2) is 4.98 Å². The molecule has 0 atom stereocenters. The molecule has 0 aliphatic rings. The van der Waals surface area contributed by atoms with Crippen molar-refractivity contribution in [3.63, 3.8) is 0 Å². The predicted molar refractivity (Wildman–Crippen MR) is 61.3 cm³/mol. The SMILES string of the molecule is Cn1ccnc(-n2cccc2/C(N)=N/O)c1=O. The molecule has 0 aromatic carbocycles. The van der Waals surface area contributed by atoms with Crippen molar-refractivity contribution in [1.82, 2.24) is 14.1 Å². The Balaban J connectivity index is 2.66. The molecule has 7 heteroatoms. The minimum absolute atomic E-state index is 0.0808. The minimum atomic E-state index is -0.268. The third kappa shape index (κ3) is 1.78. The Kier molecular flexibility index (Phi) is 2.65. The van der Waals surface area contributed by atoms with Gasteiger partial charge in [0.2, 0.25) is 5.82 Å². The zero-order chi connectivity index (χ0) is 12.4. The van der Waals surface area contributed by atoms with Gasteiger partial charge < -0.3 is 15.5 Å². The maximum Gasteiger partial charge on any atom is 0.293 e. The highest BCUT2D eigenvalue weighted by molar-refractivity contribution is 5.96. The highest BCUT2D eigenvalue weighted by atomic mass is 16.4. The fourth-order valence-corrected chi connectivity index (χ4v) is 1.48. The topological polar surface area (TPSA) is 98.4 Å². The third-order valence-electron chi connectivity index (χ3n) is 2.35. The molecule has 0 aliphatic heterocycles. The number of rotatable bonds is 2. The molecule has 0 bridgehead atoms. The molecular weight excluding hydrogens is 222 g/mol. The van der Waals surface area contributed by atoms with Gasteiger partial charge in [-0.05, 0) is 12.1 Å². The van der Waals surface area contributed by atoms with Crippen LogP contribution in [-0.4, -0.2) is 25.2 Å². The van der Waals surface area contributed by atoms with Gasteiger partial charge >= 0.3 is 0 Å². The van der Waals surface area contributed by atoms with E-state index in [9.17, 15) is 4.79 Å². The molecule has 0 radical (unpaired) electrons. The zero-order valence-corrected chi connectivity index (χ0v) is 9.11. The molecule has 0 saturated heterocycles. The van der Waals surface area contributed by atoms with Gasteiger partial charge in [0.05, 0.1) is 5.69 Å². The number of oxime groups is 1. The van der Waals surface area contributed by atoms with E-state index in [1.807, 2.05) is 0 Å². The van der Waals surface area contributed by atoms with Gasteiger partial charge in [0.15, 0.2) is 5.84 Å². The maximum absolute atomic E-state index is 11.9. The lowest BCUT2D eigenvalue weighted by molar-refractivity contribution is 0.318. The Morgan fingerprint density at radius 1 is 1.53 bits per heavy atom. The van der Waals surface area contributed by atoms with E-state index in [1.165, 1.54) is 15.3 Å². The number of aromatic nitrogens is 3. The van der Waals surface area contributed by atoms with Crippen molar-refractivity contribution in [3.8, 4) is 5.82 Å². The van der Waals surface area contributed by atoms with Gasteiger partial charge in [0.1, 0.15) is 0 Å². The summed E-state index contributed by atoms with van der Waals surface area (Å²) in [5.74, 6) is 0.115. The molecule has 17 heavy (non-hydrogen) atoms. The van der Waals surface area contributed by atoms with E-state index in [2.05, 4.69) is 10.1 Å². The van der Waals surface area contributed by atoms with E-state index in [0.29, 0.717) is 5.69 Å². The molecule has 2 aromatic rings. The normalized spacial score (nSPS) is 11.7. The fourth-order valence-electron chi connectivity index (χ4n) is 1.48. The predicted octanol–water partition coefficient (Wildman–Crippen LogP) is -0.334. The Morgan fingerprint density at radius 3 is 3.00 bits per heavy atom. The summed E-state index contributed by atoms with van der Waals surface area (Å²) >= 11 is 0. The van der Waals surface area contributed by atoms with E-state index < -0.39 is 0 Å². The summed E-state index contributed by atoms with van der Waals surface area (Å²) in [6, 6.07) is 3.31. The van der Waals surface area contributed by atoms with Gasteiger partial charge in [-0.3, -0.25) is 9.36 Å². The van der Waals surface area contributed by atoms with Crippen molar-refractivity contribution in [2.24, 2.45) is 17.9 Å². The van der Waals surface area contributed by atoms with E-state index in [-0.39, 0.29) is 17.2 Å². The summed E-state index contributed by atoms with van der Waals surface area (Å²) in [4.78, 5) is 15.9. The van der Waals surface area contributed by atoms with Crippen molar-refractivity contribution in [2.75, 3.05) is 0 Å². The summed E-state index contributed by atoms with van der Waals surface area (Å²) in [6.07, 6.45) is 4.68. The fraction of sp³-hybridized carbons (Fsp3) is 0.100. The van der Waals surface area contributed by atoms with Crippen molar-refractivity contribution in [2.45, 2.75) is 0 Å². The van der Waals surface area contributed by atoms with Crippen molar-refractivity contribution in [3.05, 3.63) is 46.8 Å². The standard InChI is InChI=1S/C10H11N5O2/c1-14-6-4-12-9(10(14)16)15-5-2-3-7(15)8(11)13-17/h2-6,17H,1H3,(H2,11,13). The molecule has 0 spiro atoms. The van der Waals surface area contributed by atoms with Gasteiger partial charge in [0.25, 0.3) is 5.56 Å². The first-order valence-electron chi connectivity index (χ1n) is 4.82. The molecule has 0 amide bonds. The smallest absolute Gasteiger partial charge is 0.293 e. The Bertz CT molecular complexity index is 626. The largest absolute Gasteiger partial charge is 0.409 e. The maximum atomic E-state index is 11.9. The van der Waals surface area contributed by atoms with Crippen LogP contribution in [0.15, 0.2) is 40.7 Å². The van der Waals surface area contributed by atoms with Gasteiger partial charge in [-0.2, -0.15) is 0 Å². The lowest BCUT2D eigenvalue weighted by Gasteiger charge is -2.07. The molecule has 3 N–H and O–H groups in total. The number of hydrogen-bond acceptors (Lipinski definition) is 4. The summed E-state index contributed by atoms with van der Waals surface area (Å²) in [6.45, 7) is 0. The quantitative estimate of drug-likeness (QED) is 0.321. The van der Waals surface area contributed by atoms with Crippen LogP contribution in [0.1, 0.15) is 5.69 Å². The molecule has 7 nitrogen and oxygen atoms in total. The first-order valence-corrected chi connectivity index (χ1v) is 4.82. The zero-order valence-electron chi connectivity index (χ0n) is 9.11. The molecule has 2 heterocycles. The molecular formula is C10H11N5O2. The second-order valence-electron chi connectivity index (χ2n) is 3.42. The number of hydrogen-bond donors (Lipinski definition) is 2. The van der Waals surface area contributed by atoms with Crippen LogP contribution in [0.5, 0.6) is 0 Å². The van der Waals surface area contributed by atoms with Crippen LogP contribution in [-0.2, 0) is 7.05 Å². The van der Waals surface area contributed by atoms with Crippen molar-refractivity contribution >= 4 is 5.84 Å². The van der Waals surface area contributed by atoms with Crippen molar-refractivity contribution < 1.29 is 5.21 Å². The molecule has 0 fully saturated rings. The van der Waals surface area contributed by atoms with Gasteiger partial charge in [-0.1, -0.05) is 5.16 Å². The number of amidine groups is 1. The lowest BCUT2D eigenvalue weighted by Crippen LogP contribution is -2.26. The monoisotopic (exact) mass is 233 g/mol. The van der Waals surface area contributed by atoms with Gasteiger partial charge in [-0.15, -0.1) is 0 Å². The molecule has 2 aromatic heterocycles. The second-order valence-corrected chi connectivity index (χ2v) is 3.42. The summed E-state index contributed by atoms with van der Waals surface area (Å²) in [5, 5.41) is 11.6. The Labute approximate surface area is 96.4 Å². The lowest BCUT2D eigenvalue weighted by atomic mass is 10.4. The van der Waals surface area contributed by atoms with E-state index >= 15 is 0 Å². The Morgan fingerprint density at radius 2 is 2.29 bits per heavy atom. The summed E-state index contributed by atoms with van der Waals surface area (Å²) in [5.41, 5.74) is 5.65. The average molecular weight is 233 g/mol. The van der Waals surface area contributed by atoms with Crippen LogP contribution in [0.3, 0.4) is 0 Å². The molecule has 0 saturated carbocycles. The molecule has 0 unspecified atom stereocenters. The molecule has 0 aliphatic carbocycles. The number of nitrogens with two attached hydrogens (primary N) is 1. The van der Waals surface area contributed by atoms with E-state index in [4.69, 9.17) is 10.9 Å². The highest BCUT2D eigenvalue weighted by Crippen LogP contribution is 2.06. The second kappa shape index (κ2) is 4.12. The van der Waals surface area contributed by atoms with Crippen LogP contribution in [0.25, 0.3) is 5.82 Å². The first kappa shape index (κ1) is 10.9. The summed E-state index contributed by atoms with van der Waals surface area (Å²) in [7, 11) is 1.63. The van der Waals surface area contributed by atoms with E-state index in [1.54, 1.807) is 31.6 Å². The molecule has 88 valence electrons. The van der Waals surface area contributed by atoms with Crippen LogP contribution in [0, 0.1) is 0 Å². The van der Waals surface area contributed by atoms with Crippen LogP contribution >= 0.6 is 0 Å². The number of nitrogens with zero attached hydrogens (tertiary/aromatic N) is 4. The third-order valence-corrected chi connectivity index (χ3v) is 2.35. The van der Waals surface area contributed by atoms with E-state index in [0.717, 1.165) is 0 Å². The summed E-state index contributed by atoms with van der Waals surface area (Å²) < 4.78 is 2.87. The van der Waals surface area contributed by atoms with Crippen LogP contribution in [0.2, 0.25) is 0 Å². The van der Waals surface area contributed by atoms with Gasteiger partial charge in [0, 0.05) is 25.6 Å². The minimum Gasteiger partial charge on any atom is -0.409 e. The highest BCUT2D eigenvalue weighted by Gasteiger charge is 2.11. The number of aryl methyl sites for hydroxylation is 1. The van der Waals surface area contributed by atoms with Crippen molar-refractivity contribution in [1.29, 1.82) is 0 Å².